The molecule has 0 fully saturated rings. The summed E-state index contributed by atoms with van der Waals surface area (Å²) < 4.78 is 22.7. The van der Waals surface area contributed by atoms with Crippen LogP contribution in [0.2, 0.25) is 0 Å². The van der Waals surface area contributed by atoms with E-state index in [4.69, 9.17) is 14.8 Å². The molecule has 0 aromatic heterocycles. The Labute approximate surface area is 101 Å². The van der Waals surface area contributed by atoms with Crippen LogP contribution in [0.15, 0.2) is 24.3 Å². The second-order valence-electron chi connectivity index (χ2n) is 3.38. The zero-order chi connectivity index (χ0) is 12.9. The highest BCUT2D eigenvalue weighted by molar-refractivity contribution is 7.54. The fourth-order valence-corrected chi connectivity index (χ4v) is 3.14. The molecule has 0 spiro atoms. The average Bonchev–Trinajstić information content (AvgIpc) is 2.29. The quantitative estimate of drug-likeness (QED) is 0.767. The topological polar surface area (TPSA) is 81.8 Å². The highest BCUT2D eigenvalue weighted by Crippen LogP contribution is 2.59. The van der Waals surface area contributed by atoms with Gasteiger partial charge in [0.1, 0.15) is 11.5 Å². The molecule has 0 amide bonds. The van der Waals surface area contributed by atoms with E-state index >= 15 is 0 Å². The molecule has 96 valence electrons. The van der Waals surface area contributed by atoms with Crippen LogP contribution in [0.25, 0.3) is 0 Å². The van der Waals surface area contributed by atoms with E-state index < -0.39 is 13.4 Å². The zero-order valence-electron chi connectivity index (χ0n) is 10.00. The van der Waals surface area contributed by atoms with Crippen molar-refractivity contribution >= 4 is 7.60 Å². The molecule has 0 heterocycles. The van der Waals surface area contributed by atoms with Gasteiger partial charge in [-0.1, -0.05) is 18.2 Å². The first-order valence-corrected chi connectivity index (χ1v) is 7.08. The van der Waals surface area contributed by atoms with E-state index in [2.05, 4.69) is 0 Å². The van der Waals surface area contributed by atoms with Gasteiger partial charge in [0.05, 0.1) is 13.2 Å². The summed E-state index contributed by atoms with van der Waals surface area (Å²) in [6, 6.07) is 6.46. The van der Waals surface area contributed by atoms with Gasteiger partial charge in [0.25, 0.3) is 0 Å². The molecule has 3 N–H and O–H groups in total. The number of aromatic hydroxyl groups is 1. The van der Waals surface area contributed by atoms with Crippen LogP contribution in [0.5, 0.6) is 5.75 Å². The largest absolute Gasteiger partial charge is 0.508 e. The molecular weight excluding hydrogens is 241 g/mol. The molecule has 0 aliphatic carbocycles. The van der Waals surface area contributed by atoms with Crippen molar-refractivity contribution in [1.82, 2.24) is 0 Å². The van der Waals surface area contributed by atoms with Gasteiger partial charge >= 0.3 is 7.60 Å². The van der Waals surface area contributed by atoms with Crippen LogP contribution in [-0.4, -0.2) is 18.3 Å². The summed E-state index contributed by atoms with van der Waals surface area (Å²) in [4.78, 5) is 0. The standard InChI is InChI=1S/C11H18NO4P/c1-3-15-17(14,16-4-2)11(12)9-7-5-6-8-10(9)13/h5-8,11,13H,3-4,12H2,1-2H3/t11-/m0/s1. The maximum Gasteiger partial charge on any atom is 0.351 e. The lowest BCUT2D eigenvalue weighted by atomic mass is 10.2. The van der Waals surface area contributed by atoms with Crippen LogP contribution in [0.1, 0.15) is 25.2 Å². The van der Waals surface area contributed by atoms with Gasteiger partial charge in [-0.2, -0.15) is 0 Å². The average molecular weight is 259 g/mol. The highest BCUT2D eigenvalue weighted by atomic mass is 31.2. The monoisotopic (exact) mass is 259 g/mol. The van der Waals surface area contributed by atoms with Gasteiger partial charge < -0.3 is 19.9 Å². The Balaban J connectivity index is 3.04. The zero-order valence-corrected chi connectivity index (χ0v) is 10.9. The lowest BCUT2D eigenvalue weighted by Gasteiger charge is -2.23. The Morgan fingerprint density at radius 2 is 1.82 bits per heavy atom. The number of rotatable bonds is 6. The summed E-state index contributed by atoms with van der Waals surface area (Å²) >= 11 is 0. The number of phenolic OH excluding ortho intramolecular Hbond substituents is 1. The molecule has 1 atom stereocenters. The van der Waals surface area contributed by atoms with E-state index in [1.807, 2.05) is 0 Å². The summed E-state index contributed by atoms with van der Waals surface area (Å²) in [5.41, 5.74) is 6.23. The van der Waals surface area contributed by atoms with Crippen LogP contribution in [0.3, 0.4) is 0 Å². The maximum absolute atomic E-state index is 12.4. The first-order valence-electron chi connectivity index (χ1n) is 5.47. The second kappa shape index (κ2) is 6.17. The number of phenols is 1. The predicted octanol–water partition coefficient (Wildman–Crippen LogP) is 2.62. The summed E-state index contributed by atoms with van der Waals surface area (Å²) in [6.45, 7) is 3.89. The van der Waals surface area contributed by atoms with Gasteiger partial charge in [-0.05, 0) is 19.9 Å². The minimum atomic E-state index is -3.44. The fourth-order valence-electron chi connectivity index (χ4n) is 1.47. The van der Waals surface area contributed by atoms with E-state index in [1.165, 1.54) is 6.07 Å². The Morgan fingerprint density at radius 1 is 1.29 bits per heavy atom. The molecule has 5 nitrogen and oxygen atoms in total. The van der Waals surface area contributed by atoms with Crippen LogP contribution < -0.4 is 5.73 Å². The Morgan fingerprint density at radius 3 is 2.29 bits per heavy atom. The van der Waals surface area contributed by atoms with Crippen molar-refractivity contribution in [2.24, 2.45) is 5.73 Å². The van der Waals surface area contributed by atoms with Crippen molar-refractivity contribution in [3.63, 3.8) is 0 Å². The number of para-hydroxylation sites is 1. The lowest BCUT2D eigenvalue weighted by molar-refractivity contribution is 0.212. The third kappa shape index (κ3) is 3.30. The fraction of sp³-hybridized carbons (Fsp3) is 0.455. The van der Waals surface area contributed by atoms with Crippen molar-refractivity contribution in [1.29, 1.82) is 0 Å². The molecule has 0 unspecified atom stereocenters. The van der Waals surface area contributed by atoms with Crippen molar-refractivity contribution in [3.8, 4) is 5.75 Å². The minimum absolute atomic E-state index is 0.0142. The van der Waals surface area contributed by atoms with E-state index in [1.54, 1.807) is 32.0 Å². The lowest BCUT2D eigenvalue weighted by Crippen LogP contribution is -2.15. The SMILES string of the molecule is CCOP(=O)(OCC)[C@H](N)c1ccccc1O. The van der Waals surface area contributed by atoms with Crippen molar-refractivity contribution < 1.29 is 18.7 Å². The number of benzene rings is 1. The van der Waals surface area contributed by atoms with Crippen LogP contribution in [-0.2, 0) is 13.6 Å². The summed E-state index contributed by atoms with van der Waals surface area (Å²) in [6.07, 6.45) is 0. The molecule has 1 aromatic carbocycles. The predicted molar refractivity (Wildman–Crippen MR) is 65.9 cm³/mol. The van der Waals surface area contributed by atoms with Crippen LogP contribution in [0.4, 0.5) is 0 Å². The molecule has 0 aliphatic heterocycles. The number of hydrogen-bond acceptors (Lipinski definition) is 5. The molecule has 6 heteroatoms. The molecule has 0 saturated carbocycles. The normalized spacial score (nSPS) is 13.6. The summed E-state index contributed by atoms with van der Waals surface area (Å²) in [5, 5.41) is 9.67. The molecule has 1 aromatic rings. The van der Waals surface area contributed by atoms with E-state index in [9.17, 15) is 9.67 Å². The molecule has 17 heavy (non-hydrogen) atoms. The van der Waals surface area contributed by atoms with Crippen LogP contribution >= 0.6 is 7.60 Å². The molecule has 0 saturated heterocycles. The maximum atomic E-state index is 12.4. The van der Waals surface area contributed by atoms with Crippen molar-refractivity contribution in [2.75, 3.05) is 13.2 Å². The van der Waals surface area contributed by atoms with Gasteiger partial charge in [-0.3, -0.25) is 4.57 Å². The first kappa shape index (κ1) is 14.2. The Bertz CT molecular complexity index is 400. The van der Waals surface area contributed by atoms with Gasteiger partial charge in [-0.15, -0.1) is 0 Å². The van der Waals surface area contributed by atoms with E-state index in [-0.39, 0.29) is 19.0 Å². The third-order valence-corrected chi connectivity index (χ3v) is 4.41. The Kier molecular flexibility index (Phi) is 5.15. The molecular formula is C11H18NO4P. The smallest absolute Gasteiger partial charge is 0.351 e. The summed E-state index contributed by atoms with van der Waals surface area (Å²) in [5.74, 6) is -0.997. The minimum Gasteiger partial charge on any atom is -0.508 e. The third-order valence-electron chi connectivity index (χ3n) is 2.21. The van der Waals surface area contributed by atoms with Crippen molar-refractivity contribution in [3.05, 3.63) is 29.8 Å². The van der Waals surface area contributed by atoms with Gasteiger partial charge in [-0.25, -0.2) is 0 Å². The van der Waals surface area contributed by atoms with Gasteiger partial charge in [0.2, 0.25) is 0 Å². The van der Waals surface area contributed by atoms with Crippen LogP contribution in [0, 0.1) is 0 Å². The van der Waals surface area contributed by atoms with E-state index in [0.29, 0.717) is 5.56 Å². The highest BCUT2D eigenvalue weighted by Gasteiger charge is 2.35. The van der Waals surface area contributed by atoms with Gasteiger partial charge in [0, 0.05) is 5.56 Å². The molecule has 0 radical (unpaired) electrons. The first-order chi connectivity index (χ1) is 8.05. The molecule has 0 aliphatic rings. The molecule has 0 bridgehead atoms. The molecule has 1 rings (SSSR count). The van der Waals surface area contributed by atoms with Crippen molar-refractivity contribution in [2.45, 2.75) is 19.6 Å². The number of hydrogen-bond donors (Lipinski definition) is 2. The second-order valence-corrected chi connectivity index (χ2v) is 5.53. The summed E-state index contributed by atoms with van der Waals surface area (Å²) in [7, 11) is -3.44. The Hall–Kier alpha value is -0.870. The van der Waals surface area contributed by atoms with Gasteiger partial charge in [0.15, 0.2) is 0 Å². The van der Waals surface area contributed by atoms with E-state index in [0.717, 1.165) is 0 Å². The number of nitrogens with two attached hydrogens (primary N) is 1.